The van der Waals surface area contributed by atoms with Gasteiger partial charge in [0.25, 0.3) is 6.47 Å². The summed E-state index contributed by atoms with van der Waals surface area (Å²) in [6.45, 7) is 6.56. The maximum Gasteiger partial charge on any atom is 1.00 e. The van der Waals surface area contributed by atoms with Crippen LogP contribution in [0.15, 0.2) is 97.1 Å². The van der Waals surface area contributed by atoms with Crippen LogP contribution >= 0.6 is 23.2 Å². The molecule has 4 aromatic rings. The van der Waals surface area contributed by atoms with Crippen LogP contribution in [0.1, 0.15) is 12.6 Å². The van der Waals surface area contributed by atoms with E-state index in [1.165, 1.54) is 0 Å². The predicted octanol–water partition coefficient (Wildman–Crippen LogP) is 1.78. The van der Waals surface area contributed by atoms with E-state index in [2.05, 4.69) is 54.0 Å². The molecule has 0 fully saturated rings. The van der Waals surface area contributed by atoms with Crippen LogP contribution in [-0.4, -0.2) is 14.5 Å². The number of carbonyl (C=O) groups excluding carboxylic acids is 1. The van der Waals surface area contributed by atoms with E-state index in [0.717, 1.165) is 38.4 Å². The molecular formula is C32H28Cl2K2O3Si. The minimum Gasteiger partial charge on any atom is -1.00 e. The van der Waals surface area contributed by atoms with E-state index in [9.17, 15) is 0 Å². The van der Waals surface area contributed by atoms with Crippen LogP contribution in [0, 0.1) is 23.8 Å². The molecule has 0 heterocycles. The molecule has 0 bridgehead atoms. The van der Waals surface area contributed by atoms with Crippen molar-refractivity contribution in [1.82, 2.24) is 0 Å². The molecule has 40 heavy (non-hydrogen) atoms. The molecule has 194 valence electrons. The number of benzene rings is 4. The first-order chi connectivity index (χ1) is 18.2. The van der Waals surface area contributed by atoms with Gasteiger partial charge in [-0.2, -0.15) is 0 Å². The van der Waals surface area contributed by atoms with Gasteiger partial charge in [-0.05, 0) is 58.7 Å². The van der Waals surface area contributed by atoms with Gasteiger partial charge in [-0.3, -0.25) is 4.79 Å². The Morgan fingerprint density at radius 3 is 1.55 bits per heavy atom. The van der Waals surface area contributed by atoms with Crippen molar-refractivity contribution in [2.45, 2.75) is 19.6 Å². The van der Waals surface area contributed by atoms with Crippen LogP contribution in [0.4, 0.5) is 0 Å². The zero-order valence-corrected chi connectivity index (χ0v) is 32.1. The monoisotopic (exact) mass is 636 g/mol. The standard InChI is InChI=1S/C17H17ClSi.C14H9Cl.CH2O3.2K.H/c1-19(2,3)12-11-15-9-10-16(18)13-17(15)14-7-5-4-6-8-14;1-2-11-8-9-13(15)10-14(11)12-6-4-3-5-7-12;2-1-4-3;;;/h4-10,13H,1-3H3;1,3-10H;1,3H;;;/q;;;2*+1;-1/p-1. The molecule has 0 unspecified atom stereocenters. The number of rotatable bonds is 3. The second kappa shape index (κ2) is 21.2. The average molecular weight is 638 g/mol. The van der Waals surface area contributed by atoms with Gasteiger partial charge < -0.3 is 11.6 Å². The number of hydrogen-bond acceptors (Lipinski definition) is 3. The quantitative estimate of drug-likeness (QED) is 0.113. The molecule has 0 amide bonds. The Labute approximate surface area is 335 Å². The SMILES string of the molecule is C#Cc1ccc(Cl)cc1-c1ccccc1.C[Si](C)(C)C#Cc1ccc(Cl)cc1-c1ccccc1.O=CO[O-].[H-].[K+].[K+]. The summed E-state index contributed by atoms with van der Waals surface area (Å²) in [6.07, 6.45) is 5.44. The molecule has 0 radical (unpaired) electrons. The summed E-state index contributed by atoms with van der Waals surface area (Å²) in [5.41, 5.74) is 9.70. The van der Waals surface area contributed by atoms with Crippen molar-refractivity contribution in [3.8, 4) is 46.1 Å². The predicted molar refractivity (Wildman–Crippen MR) is 160 cm³/mol. The molecule has 0 aliphatic carbocycles. The van der Waals surface area contributed by atoms with Crippen LogP contribution < -0.4 is 108 Å². The number of halogens is 2. The van der Waals surface area contributed by atoms with Gasteiger partial charge in [-0.25, -0.2) is 0 Å². The van der Waals surface area contributed by atoms with Gasteiger partial charge in [0.15, 0.2) is 0 Å². The fourth-order valence-corrected chi connectivity index (χ4v) is 4.09. The van der Waals surface area contributed by atoms with Crippen molar-refractivity contribution >= 4 is 37.7 Å². The molecule has 0 aliphatic rings. The fraction of sp³-hybridized carbons (Fsp3) is 0.0938. The largest absolute Gasteiger partial charge is 1.00 e. The molecule has 0 N–H and O–H groups in total. The maximum absolute atomic E-state index is 8.64. The second-order valence-corrected chi connectivity index (χ2v) is 14.6. The van der Waals surface area contributed by atoms with Crippen LogP contribution in [-0.2, 0) is 9.68 Å². The molecule has 0 saturated carbocycles. The van der Waals surface area contributed by atoms with Crippen molar-refractivity contribution in [3.05, 3.63) is 118 Å². The van der Waals surface area contributed by atoms with Gasteiger partial charge in [0.1, 0.15) is 8.07 Å². The van der Waals surface area contributed by atoms with Gasteiger partial charge in [0.2, 0.25) is 0 Å². The summed E-state index contributed by atoms with van der Waals surface area (Å²) < 4.78 is 0. The Kier molecular flexibility index (Phi) is 21.0. The number of hydrogen-bond donors (Lipinski definition) is 0. The third kappa shape index (κ3) is 14.6. The molecule has 4 aromatic carbocycles. The summed E-state index contributed by atoms with van der Waals surface area (Å²) in [4.78, 5) is 11.2. The van der Waals surface area contributed by atoms with Gasteiger partial charge >= 0.3 is 103 Å². The zero-order chi connectivity index (χ0) is 28.0. The molecule has 0 spiro atoms. The van der Waals surface area contributed by atoms with Crippen molar-refractivity contribution < 1.29 is 119 Å². The molecule has 8 heteroatoms. The maximum atomic E-state index is 8.64. The Morgan fingerprint density at radius 2 is 1.18 bits per heavy atom. The topological polar surface area (TPSA) is 49.4 Å². The fourth-order valence-electron chi connectivity index (χ4n) is 3.24. The third-order valence-corrected chi connectivity index (χ3v) is 6.24. The Hall–Kier alpha value is -0.500. The van der Waals surface area contributed by atoms with E-state index < -0.39 is 8.07 Å². The summed E-state index contributed by atoms with van der Waals surface area (Å²) in [5, 5.41) is 9.88. The first-order valence-electron chi connectivity index (χ1n) is 11.6. The summed E-state index contributed by atoms with van der Waals surface area (Å²) in [5.74, 6) is 5.99. The van der Waals surface area contributed by atoms with E-state index in [4.69, 9.17) is 39.7 Å². The minimum absolute atomic E-state index is 0. The van der Waals surface area contributed by atoms with Crippen LogP contribution in [0.25, 0.3) is 22.3 Å². The summed E-state index contributed by atoms with van der Waals surface area (Å²) in [6, 6.07) is 31.7. The normalized spacial score (nSPS) is 9.22. The van der Waals surface area contributed by atoms with E-state index >= 15 is 0 Å². The molecular weight excluding hydrogens is 610 g/mol. The first-order valence-corrected chi connectivity index (χ1v) is 15.9. The Balaban J connectivity index is 0. The van der Waals surface area contributed by atoms with Crippen molar-refractivity contribution in [3.63, 3.8) is 0 Å². The van der Waals surface area contributed by atoms with Crippen molar-refractivity contribution in [2.75, 3.05) is 0 Å². The molecule has 0 aromatic heterocycles. The Bertz CT molecular complexity index is 1450. The van der Waals surface area contributed by atoms with Gasteiger partial charge in [-0.1, -0.05) is 115 Å². The third-order valence-electron chi connectivity index (χ3n) is 4.90. The summed E-state index contributed by atoms with van der Waals surface area (Å²) in [7, 11) is -1.37. The Morgan fingerprint density at radius 1 is 0.775 bits per heavy atom. The van der Waals surface area contributed by atoms with Gasteiger partial charge in [-0.15, -0.1) is 12.0 Å². The van der Waals surface area contributed by atoms with Crippen LogP contribution in [0.3, 0.4) is 0 Å². The van der Waals surface area contributed by atoms with Gasteiger partial charge in [0.05, 0.1) is 0 Å². The van der Waals surface area contributed by atoms with E-state index in [-0.39, 0.29) is 111 Å². The average Bonchev–Trinajstić information content (AvgIpc) is 2.93. The van der Waals surface area contributed by atoms with Crippen molar-refractivity contribution in [2.24, 2.45) is 0 Å². The minimum atomic E-state index is -1.37. The molecule has 4 rings (SSSR count). The van der Waals surface area contributed by atoms with E-state index in [1.807, 2.05) is 84.9 Å². The number of carbonyl (C=O) groups is 1. The number of terminal acetylenes is 1. The van der Waals surface area contributed by atoms with E-state index in [1.54, 1.807) is 0 Å². The zero-order valence-electron chi connectivity index (χ0n) is 24.4. The smallest absolute Gasteiger partial charge is 1.00 e. The molecule has 3 nitrogen and oxygen atoms in total. The van der Waals surface area contributed by atoms with Crippen molar-refractivity contribution in [1.29, 1.82) is 0 Å². The first kappa shape index (κ1) is 39.5. The molecule has 0 atom stereocenters. The van der Waals surface area contributed by atoms with Gasteiger partial charge in [0, 0.05) is 21.2 Å². The summed E-state index contributed by atoms with van der Waals surface area (Å²) >= 11 is 12.1. The van der Waals surface area contributed by atoms with E-state index in [0.29, 0.717) is 5.02 Å². The van der Waals surface area contributed by atoms with Crippen LogP contribution in [0.5, 0.6) is 0 Å². The second-order valence-electron chi connectivity index (χ2n) is 8.95. The molecule has 0 aliphatic heterocycles. The molecule has 0 saturated heterocycles. The van der Waals surface area contributed by atoms with Crippen LogP contribution in [0.2, 0.25) is 29.7 Å².